The van der Waals surface area contributed by atoms with Crippen LogP contribution in [0.15, 0.2) is 9.95 Å². The minimum atomic E-state index is -1.05. The van der Waals surface area contributed by atoms with Gasteiger partial charge in [0.15, 0.2) is 5.16 Å². The monoisotopic (exact) mass is 244 g/mol. The Labute approximate surface area is 95.0 Å². The van der Waals surface area contributed by atoms with Gasteiger partial charge in [0.2, 0.25) is 0 Å². The van der Waals surface area contributed by atoms with Gasteiger partial charge in [-0.2, -0.15) is 0 Å². The molecule has 0 aromatic carbocycles. The second-order valence-corrected chi connectivity index (χ2v) is 4.66. The summed E-state index contributed by atoms with van der Waals surface area (Å²) in [7, 11) is 0. The molecule has 1 unspecified atom stereocenters. The summed E-state index contributed by atoms with van der Waals surface area (Å²) in [5.41, 5.74) is 5.13. The molecule has 1 aliphatic carbocycles. The highest BCUT2D eigenvalue weighted by Gasteiger charge is 2.28. The standard InChI is InChI=1S/C8H12N4O3S/c9-5(6(13)14)3-16-8-11-10-7(15)12(8)4-1-2-4/h4-5H,1-3,9H2,(H,10,15)(H,13,14). The first kappa shape index (κ1) is 11.2. The number of hydrogen-bond donors (Lipinski definition) is 3. The molecule has 0 radical (unpaired) electrons. The SMILES string of the molecule is NC(CSc1n[nH]c(=O)n1C1CC1)C(=O)O. The fourth-order valence-corrected chi connectivity index (χ4v) is 2.23. The van der Waals surface area contributed by atoms with Crippen molar-refractivity contribution < 1.29 is 9.90 Å². The van der Waals surface area contributed by atoms with Crippen molar-refractivity contribution in [2.24, 2.45) is 5.73 Å². The summed E-state index contributed by atoms with van der Waals surface area (Å²) in [4.78, 5) is 21.9. The number of aromatic amines is 1. The number of carboxylic acids is 1. The number of rotatable bonds is 5. The van der Waals surface area contributed by atoms with E-state index in [1.54, 1.807) is 4.57 Å². The summed E-state index contributed by atoms with van der Waals surface area (Å²) >= 11 is 1.19. The molecule has 0 saturated heterocycles. The number of nitrogens with one attached hydrogen (secondary N) is 1. The highest BCUT2D eigenvalue weighted by molar-refractivity contribution is 7.99. The van der Waals surface area contributed by atoms with Gasteiger partial charge in [-0.05, 0) is 12.8 Å². The van der Waals surface area contributed by atoms with Crippen LogP contribution in [0.2, 0.25) is 0 Å². The van der Waals surface area contributed by atoms with E-state index >= 15 is 0 Å². The molecule has 1 aromatic rings. The van der Waals surface area contributed by atoms with Crippen LogP contribution in [0.25, 0.3) is 0 Å². The Kier molecular flexibility index (Phi) is 3.01. The van der Waals surface area contributed by atoms with Gasteiger partial charge in [0, 0.05) is 11.8 Å². The zero-order valence-corrected chi connectivity index (χ0v) is 9.24. The van der Waals surface area contributed by atoms with Crippen molar-refractivity contribution in [1.82, 2.24) is 14.8 Å². The molecule has 0 aliphatic heterocycles. The zero-order chi connectivity index (χ0) is 11.7. The van der Waals surface area contributed by atoms with Crippen molar-refractivity contribution in [2.45, 2.75) is 30.1 Å². The summed E-state index contributed by atoms with van der Waals surface area (Å²) < 4.78 is 1.57. The summed E-state index contributed by atoms with van der Waals surface area (Å²) in [5, 5.41) is 15.3. The van der Waals surface area contributed by atoms with Crippen molar-refractivity contribution in [1.29, 1.82) is 0 Å². The second kappa shape index (κ2) is 4.30. The minimum Gasteiger partial charge on any atom is -0.480 e. The molecule has 0 spiro atoms. The Morgan fingerprint density at radius 2 is 2.44 bits per heavy atom. The molecule has 7 nitrogen and oxygen atoms in total. The van der Waals surface area contributed by atoms with Gasteiger partial charge in [0.25, 0.3) is 0 Å². The third kappa shape index (κ3) is 2.27. The van der Waals surface area contributed by atoms with E-state index in [-0.39, 0.29) is 17.5 Å². The van der Waals surface area contributed by atoms with Crippen molar-refractivity contribution in [3.63, 3.8) is 0 Å². The molecule has 8 heteroatoms. The number of hydrogen-bond acceptors (Lipinski definition) is 5. The minimum absolute atomic E-state index is 0.201. The first-order valence-corrected chi connectivity index (χ1v) is 5.86. The van der Waals surface area contributed by atoms with E-state index in [1.807, 2.05) is 0 Å². The quantitative estimate of drug-likeness (QED) is 0.596. The average Bonchev–Trinajstić information content (AvgIpc) is 3.00. The lowest BCUT2D eigenvalue weighted by molar-refractivity contribution is -0.137. The largest absolute Gasteiger partial charge is 0.480 e. The number of aliphatic carboxylic acids is 1. The molecule has 4 N–H and O–H groups in total. The molecule has 0 amide bonds. The maximum absolute atomic E-state index is 11.4. The lowest BCUT2D eigenvalue weighted by Crippen LogP contribution is -2.32. The van der Waals surface area contributed by atoms with Gasteiger partial charge >= 0.3 is 11.7 Å². The van der Waals surface area contributed by atoms with Crippen molar-refractivity contribution >= 4 is 17.7 Å². The van der Waals surface area contributed by atoms with Crippen molar-refractivity contribution in [3.8, 4) is 0 Å². The van der Waals surface area contributed by atoms with Crippen LogP contribution in [0.1, 0.15) is 18.9 Å². The summed E-state index contributed by atoms with van der Waals surface area (Å²) in [6.45, 7) is 0. The molecule has 1 aliphatic rings. The maximum Gasteiger partial charge on any atom is 0.344 e. The van der Waals surface area contributed by atoms with Gasteiger partial charge in [-0.3, -0.25) is 9.36 Å². The fourth-order valence-electron chi connectivity index (χ4n) is 1.28. The number of carbonyl (C=O) groups is 1. The predicted molar refractivity (Wildman–Crippen MR) is 57.5 cm³/mol. The molecule has 0 bridgehead atoms. The lowest BCUT2D eigenvalue weighted by Gasteiger charge is -2.06. The van der Waals surface area contributed by atoms with Crippen LogP contribution in [-0.4, -0.2) is 37.6 Å². The van der Waals surface area contributed by atoms with E-state index in [0.29, 0.717) is 5.16 Å². The number of aromatic nitrogens is 3. The number of nitrogens with two attached hydrogens (primary N) is 1. The first-order chi connectivity index (χ1) is 7.59. The van der Waals surface area contributed by atoms with Crippen LogP contribution < -0.4 is 11.4 Å². The average molecular weight is 244 g/mol. The second-order valence-electron chi connectivity index (χ2n) is 3.67. The molecule has 1 heterocycles. The van der Waals surface area contributed by atoms with Crippen LogP contribution in [0.3, 0.4) is 0 Å². The molecule has 1 atom stereocenters. The fraction of sp³-hybridized carbons (Fsp3) is 0.625. The lowest BCUT2D eigenvalue weighted by atomic mass is 10.4. The highest BCUT2D eigenvalue weighted by Crippen LogP contribution is 2.35. The third-order valence-electron chi connectivity index (χ3n) is 2.29. The summed E-state index contributed by atoms with van der Waals surface area (Å²) in [6, 6.07) is -0.723. The Morgan fingerprint density at radius 3 is 3.00 bits per heavy atom. The maximum atomic E-state index is 11.4. The zero-order valence-electron chi connectivity index (χ0n) is 8.42. The van der Waals surface area contributed by atoms with Gasteiger partial charge in [0.05, 0.1) is 0 Å². The van der Waals surface area contributed by atoms with Gasteiger partial charge in [0.1, 0.15) is 6.04 Å². The highest BCUT2D eigenvalue weighted by atomic mass is 32.2. The van der Waals surface area contributed by atoms with E-state index in [0.717, 1.165) is 12.8 Å². The number of nitrogens with zero attached hydrogens (tertiary/aromatic N) is 2. The molecule has 16 heavy (non-hydrogen) atoms. The van der Waals surface area contributed by atoms with Crippen molar-refractivity contribution in [3.05, 3.63) is 10.5 Å². The Morgan fingerprint density at radius 1 is 1.75 bits per heavy atom. The van der Waals surface area contributed by atoms with Gasteiger partial charge in [-0.1, -0.05) is 11.8 Å². The normalized spacial score (nSPS) is 17.3. The van der Waals surface area contributed by atoms with Gasteiger partial charge in [-0.15, -0.1) is 5.10 Å². The van der Waals surface area contributed by atoms with Crippen LogP contribution in [0, 0.1) is 0 Å². The van der Waals surface area contributed by atoms with Crippen LogP contribution in [0.4, 0.5) is 0 Å². The topological polar surface area (TPSA) is 114 Å². The molecule has 1 fully saturated rings. The van der Waals surface area contributed by atoms with E-state index < -0.39 is 12.0 Å². The number of carboxylic acid groups (broad SMARTS) is 1. The van der Waals surface area contributed by atoms with E-state index in [2.05, 4.69) is 10.2 Å². The molecule has 88 valence electrons. The van der Waals surface area contributed by atoms with Crippen LogP contribution in [0.5, 0.6) is 0 Å². The molecule has 1 saturated carbocycles. The van der Waals surface area contributed by atoms with Crippen LogP contribution in [-0.2, 0) is 4.79 Å². The number of H-pyrrole nitrogens is 1. The van der Waals surface area contributed by atoms with Gasteiger partial charge in [-0.25, -0.2) is 9.89 Å². The third-order valence-corrected chi connectivity index (χ3v) is 3.37. The van der Waals surface area contributed by atoms with E-state index in [1.165, 1.54) is 11.8 Å². The molecule has 1 aromatic heterocycles. The van der Waals surface area contributed by atoms with E-state index in [9.17, 15) is 9.59 Å². The molecule has 2 rings (SSSR count). The van der Waals surface area contributed by atoms with Crippen LogP contribution >= 0.6 is 11.8 Å². The van der Waals surface area contributed by atoms with Gasteiger partial charge < -0.3 is 10.8 Å². The smallest absolute Gasteiger partial charge is 0.344 e. The summed E-state index contributed by atoms with van der Waals surface area (Å²) in [6.07, 6.45) is 1.94. The predicted octanol–water partition coefficient (Wildman–Crippen LogP) is -0.590. The molecular formula is C8H12N4O3S. The Balaban J connectivity index is 2.04. The molecular weight excluding hydrogens is 232 g/mol. The summed E-state index contributed by atoms with van der Waals surface area (Å²) in [5.74, 6) is -0.852. The Hall–Kier alpha value is -1.28. The van der Waals surface area contributed by atoms with Crippen molar-refractivity contribution in [2.75, 3.05) is 5.75 Å². The number of thioether (sulfide) groups is 1. The first-order valence-electron chi connectivity index (χ1n) is 4.87. The van der Waals surface area contributed by atoms with E-state index in [4.69, 9.17) is 10.8 Å². The Bertz CT molecular complexity index is 450.